The van der Waals surface area contributed by atoms with E-state index in [2.05, 4.69) is 16.2 Å². The van der Waals surface area contributed by atoms with Crippen molar-refractivity contribution in [2.75, 3.05) is 13.2 Å². The zero-order valence-electron chi connectivity index (χ0n) is 14.1. The van der Waals surface area contributed by atoms with Gasteiger partial charge in [0.05, 0.1) is 0 Å². The molecule has 0 radical (unpaired) electrons. The molecule has 0 saturated carbocycles. The van der Waals surface area contributed by atoms with E-state index in [0.717, 1.165) is 0 Å². The lowest BCUT2D eigenvalue weighted by atomic mass is 10.2. The van der Waals surface area contributed by atoms with Crippen LogP contribution in [-0.2, 0) is 9.59 Å². The normalized spacial score (nSPS) is 10.0. The van der Waals surface area contributed by atoms with Crippen molar-refractivity contribution in [3.05, 3.63) is 64.9 Å². The molecule has 2 rings (SSSR count). The van der Waals surface area contributed by atoms with Crippen molar-refractivity contribution in [2.24, 2.45) is 0 Å². The number of amides is 3. The van der Waals surface area contributed by atoms with Gasteiger partial charge in [0.15, 0.2) is 6.61 Å². The van der Waals surface area contributed by atoms with E-state index in [1.807, 2.05) is 0 Å². The quantitative estimate of drug-likeness (QED) is 0.625. The Kier molecular flexibility index (Phi) is 7.57. The highest BCUT2D eigenvalue weighted by molar-refractivity contribution is 6.30. The van der Waals surface area contributed by atoms with Gasteiger partial charge in [-0.25, -0.2) is 4.39 Å². The zero-order chi connectivity index (χ0) is 19.6. The van der Waals surface area contributed by atoms with E-state index in [4.69, 9.17) is 16.3 Å². The summed E-state index contributed by atoms with van der Waals surface area (Å²) in [6, 6.07) is 11.5. The average Bonchev–Trinajstić information content (AvgIpc) is 2.66. The van der Waals surface area contributed by atoms with E-state index >= 15 is 0 Å². The van der Waals surface area contributed by atoms with E-state index in [9.17, 15) is 18.8 Å². The minimum Gasteiger partial charge on any atom is -0.484 e. The molecular formula is C18H17ClFN3O4. The number of hydrazine groups is 1. The van der Waals surface area contributed by atoms with Crippen molar-refractivity contribution in [3.8, 4) is 5.75 Å². The summed E-state index contributed by atoms with van der Waals surface area (Å²) < 4.78 is 17.9. The third kappa shape index (κ3) is 7.33. The molecule has 0 spiro atoms. The van der Waals surface area contributed by atoms with Gasteiger partial charge >= 0.3 is 0 Å². The smallest absolute Gasteiger partial charge is 0.276 e. The molecule has 0 fully saturated rings. The van der Waals surface area contributed by atoms with Gasteiger partial charge in [-0.2, -0.15) is 0 Å². The Balaban J connectivity index is 1.61. The molecular weight excluding hydrogens is 377 g/mol. The molecule has 7 nitrogen and oxygen atoms in total. The van der Waals surface area contributed by atoms with Crippen molar-refractivity contribution >= 4 is 29.3 Å². The lowest BCUT2D eigenvalue weighted by Crippen LogP contribution is -2.44. The average molecular weight is 394 g/mol. The SMILES string of the molecule is O=C(CCNC(=O)c1ccc(Cl)cc1)NNC(=O)COc1ccc(F)cc1. The summed E-state index contributed by atoms with van der Waals surface area (Å²) in [4.78, 5) is 35.1. The molecule has 27 heavy (non-hydrogen) atoms. The van der Waals surface area contributed by atoms with Gasteiger partial charge < -0.3 is 10.1 Å². The number of carbonyl (C=O) groups is 3. The fraction of sp³-hybridized carbons (Fsp3) is 0.167. The second-order valence-electron chi connectivity index (χ2n) is 5.35. The maximum Gasteiger partial charge on any atom is 0.276 e. The van der Waals surface area contributed by atoms with Crippen LogP contribution in [0.2, 0.25) is 5.02 Å². The molecule has 2 aromatic carbocycles. The van der Waals surface area contributed by atoms with Crippen molar-refractivity contribution in [3.63, 3.8) is 0 Å². The Morgan fingerprint density at radius 2 is 1.56 bits per heavy atom. The number of halogens is 2. The molecule has 142 valence electrons. The molecule has 3 amide bonds. The molecule has 0 bridgehead atoms. The standard InChI is InChI=1S/C18H17ClFN3O4/c19-13-3-1-12(2-4-13)18(26)21-10-9-16(24)22-23-17(25)11-27-15-7-5-14(20)6-8-15/h1-8H,9-11H2,(H,21,26)(H,22,24)(H,23,25). The number of benzene rings is 2. The van der Waals surface area contributed by atoms with Crippen molar-refractivity contribution in [1.82, 2.24) is 16.2 Å². The Bertz CT molecular complexity index is 797. The van der Waals surface area contributed by atoms with Crippen LogP contribution in [0.15, 0.2) is 48.5 Å². The Labute approximate surface area is 159 Å². The number of carbonyl (C=O) groups excluding carboxylic acids is 3. The van der Waals surface area contributed by atoms with Gasteiger partial charge in [0.2, 0.25) is 5.91 Å². The number of ether oxygens (including phenoxy) is 1. The highest BCUT2D eigenvalue weighted by Crippen LogP contribution is 2.10. The number of nitrogens with one attached hydrogen (secondary N) is 3. The summed E-state index contributed by atoms with van der Waals surface area (Å²) in [5.74, 6) is -1.50. The minimum absolute atomic E-state index is 0.0293. The predicted octanol–water partition coefficient (Wildman–Crippen LogP) is 1.83. The van der Waals surface area contributed by atoms with Gasteiger partial charge in [0.1, 0.15) is 11.6 Å². The molecule has 0 aromatic heterocycles. The van der Waals surface area contributed by atoms with Gasteiger partial charge in [-0.1, -0.05) is 11.6 Å². The summed E-state index contributed by atoms with van der Waals surface area (Å²) in [6.45, 7) is -0.255. The van der Waals surface area contributed by atoms with Crippen LogP contribution in [0.25, 0.3) is 0 Å². The molecule has 3 N–H and O–H groups in total. The van der Waals surface area contributed by atoms with Crippen molar-refractivity contribution in [2.45, 2.75) is 6.42 Å². The highest BCUT2D eigenvalue weighted by atomic mass is 35.5. The highest BCUT2D eigenvalue weighted by Gasteiger charge is 2.08. The summed E-state index contributed by atoms with van der Waals surface area (Å²) in [5.41, 5.74) is 4.80. The third-order valence-corrected chi connectivity index (χ3v) is 3.52. The van der Waals surface area contributed by atoms with Crippen LogP contribution in [0, 0.1) is 5.82 Å². The van der Waals surface area contributed by atoms with Crippen LogP contribution >= 0.6 is 11.6 Å². The molecule has 0 aliphatic rings. The van der Waals surface area contributed by atoms with E-state index in [-0.39, 0.29) is 25.5 Å². The van der Waals surface area contributed by atoms with Crippen LogP contribution in [0.5, 0.6) is 5.75 Å². The molecule has 2 aromatic rings. The second-order valence-corrected chi connectivity index (χ2v) is 5.79. The molecule has 0 unspecified atom stereocenters. The summed E-state index contributed by atoms with van der Waals surface area (Å²) in [7, 11) is 0. The van der Waals surface area contributed by atoms with E-state index < -0.39 is 17.6 Å². The maximum absolute atomic E-state index is 12.7. The van der Waals surface area contributed by atoms with E-state index in [1.54, 1.807) is 24.3 Å². The summed E-state index contributed by atoms with van der Waals surface area (Å²) in [5, 5.41) is 3.10. The monoisotopic (exact) mass is 393 g/mol. The lowest BCUT2D eigenvalue weighted by Gasteiger charge is -2.09. The summed E-state index contributed by atoms with van der Waals surface area (Å²) in [6.07, 6.45) is -0.0293. The van der Waals surface area contributed by atoms with Crippen molar-refractivity contribution in [1.29, 1.82) is 0 Å². The number of hydrogen-bond donors (Lipinski definition) is 3. The van der Waals surface area contributed by atoms with Crippen molar-refractivity contribution < 1.29 is 23.5 Å². The Hall–Kier alpha value is -3.13. The van der Waals surface area contributed by atoms with Gasteiger partial charge in [-0.05, 0) is 48.5 Å². The van der Waals surface area contributed by atoms with Gasteiger partial charge in [0, 0.05) is 23.6 Å². The topological polar surface area (TPSA) is 96.5 Å². The molecule has 0 aliphatic heterocycles. The first kappa shape index (κ1) is 20.2. The van der Waals surface area contributed by atoms with Crippen LogP contribution in [0.1, 0.15) is 16.8 Å². The van der Waals surface area contributed by atoms with E-state index in [1.165, 1.54) is 24.3 Å². The summed E-state index contributed by atoms with van der Waals surface area (Å²) >= 11 is 5.74. The fourth-order valence-electron chi connectivity index (χ4n) is 1.91. The van der Waals surface area contributed by atoms with Crippen LogP contribution < -0.4 is 20.9 Å². The predicted molar refractivity (Wildman–Crippen MR) is 96.6 cm³/mol. The van der Waals surface area contributed by atoms with Crippen LogP contribution in [0.3, 0.4) is 0 Å². The first-order valence-electron chi connectivity index (χ1n) is 7.94. The van der Waals surface area contributed by atoms with Crippen LogP contribution in [0.4, 0.5) is 4.39 Å². The van der Waals surface area contributed by atoms with Gasteiger partial charge in [0.25, 0.3) is 11.8 Å². The largest absolute Gasteiger partial charge is 0.484 e. The fourth-order valence-corrected chi connectivity index (χ4v) is 2.04. The number of hydrogen-bond acceptors (Lipinski definition) is 4. The molecule has 0 aliphatic carbocycles. The lowest BCUT2D eigenvalue weighted by molar-refractivity contribution is -0.129. The number of rotatable bonds is 7. The minimum atomic E-state index is -0.585. The molecule has 0 atom stereocenters. The molecule has 0 heterocycles. The first-order valence-corrected chi connectivity index (χ1v) is 8.31. The Morgan fingerprint density at radius 3 is 2.22 bits per heavy atom. The van der Waals surface area contributed by atoms with E-state index in [0.29, 0.717) is 16.3 Å². The van der Waals surface area contributed by atoms with Gasteiger partial charge in [-0.3, -0.25) is 25.2 Å². The third-order valence-electron chi connectivity index (χ3n) is 3.27. The second kappa shape index (κ2) is 10.1. The van der Waals surface area contributed by atoms with Gasteiger partial charge in [-0.15, -0.1) is 0 Å². The van der Waals surface area contributed by atoms with Crippen LogP contribution in [-0.4, -0.2) is 30.9 Å². The Morgan fingerprint density at radius 1 is 0.926 bits per heavy atom. The molecule has 0 saturated heterocycles. The maximum atomic E-state index is 12.7. The first-order chi connectivity index (χ1) is 12.9. The zero-order valence-corrected chi connectivity index (χ0v) is 14.9. The molecule has 9 heteroatoms.